The quantitative estimate of drug-likeness (QED) is 0.828. The number of sulfonamides is 1. The third-order valence-corrected chi connectivity index (χ3v) is 3.93. The molecule has 5 nitrogen and oxygen atoms in total. The number of methoxy groups -OCH3 is 1. The van der Waals surface area contributed by atoms with E-state index >= 15 is 0 Å². The first-order valence-corrected chi connectivity index (χ1v) is 7.63. The number of hydrogen-bond acceptors (Lipinski definition) is 4. The Morgan fingerprint density at radius 3 is 2.50 bits per heavy atom. The summed E-state index contributed by atoms with van der Waals surface area (Å²) in [5.74, 6) is 0.295. The lowest BCUT2D eigenvalue weighted by Gasteiger charge is -2.12. The van der Waals surface area contributed by atoms with Gasteiger partial charge in [0.2, 0.25) is 10.0 Å². The summed E-state index contributed by atoms with van der Waals surface area (Å²) < 4.78 is 31.9. The fourth-order valence-corrected chi connectivity index (χ4v) is 3.00. The normalized spacial score (nSPS) is 11.1. The maximum absolute atomic E-state index is 12.1. The summed E-state index contributed by atoms with van der Waals surface area (Å²) >= 11 is 0. The summed E-state index contributed by atoms with van der Waals surface area (Å²) in [5, 5.41) is 0. The summed E-state index contributed by atoms with van der Waals surface area (Å²) in [5.41, 5.74) is 7.23. The number of rotatable bonds is 5. The molecule has 3 N–H and O–H groups in total. The van der Waals surface area contributed by atoms with Gasteiger partial charge in [-0.1, -0.05) is 30.3 Å². The third kappa shape index (κ3) is 3.64. The van der Waals surface area contributed by atoms with Crippen LogP contribution < -0.4 is 15.2 Å². The topological polar surface area (TPSA) is 81.4 Å². The van der Waals surface area contributed by atoms with Crippen LogP contribution in [0.25, 0.3) is 0 Å². The number of anilines is 2. The zero-order valence-electron chi connectivity index (χ0n) is 11.0. The molecule has 0 aliphatic carbocycles. The zero-order chi connectivity index (χ0) is 14.6. The maximum Gasteiger partial charge on any atom is 0.237 e. The number of nitrogen functional groups attached to an aromatic ring is 1. The second-order valence-corrected chi connectivity index (χ2v) is 6.03. The second-order valence-electron chi connectivity index (χ2n) is 4.31. The van der Waals surface area contributed by atoms with E-state index in [-0.39, 0.29) is 5.75 Å². The minimum atomic E-state index is -3.50. The Morgan fingerprint density at radius 1 is 1.15 bits per heavy atom. The van der Waals surface area contributed by atoms with Crippen molar-refractivity contribution in [1.82, 2.24) is 0 Å². The summed E-state index contributed by atoms with van der Waals surface area (Å²) in [6.45, 7) is 0. The van der Waals surface area contributed by atoms with Crippen LogP contribution in [0, 0.1) is 0 Å². The molecule has 2 aromatic carbocycles. The van der Waals surface area contributed by atoms with Crippen molar-refractivity contribution in [3.8, 4) is 5.75 Å². The second kappa shape index (κ2) is 5.83. The molecule has 0 aliphatic rings. The highest BCUT2D eigenvalue weighted by molar-refractivity contribution is 7.91. The Balaban J connectivity index is 2.20. The first kappa shape index (κ1) is 14.2. The lowest BCUT2D eigenvalue weighted by Crippen LogP contribution is -2.15. The molecule has 0 fully saturated rings. The molecule has 0 bridgehead atoms. The molecular weight excluding hydrogens is 276 g/mol. The molecule has 6 heteroatoms. The Bertz CT molecular complexity index is 685. The first-order valence-electron chi connectivity index (χ1n) is 5.98. The Labute approximate surface area is 118 Å². The van der Waals surface area contributed by atoms with Crippen LogP contribution >= 0.6 is 0 Å². The van der Waals surface area contributed by atoms with Gasteiger partial charge in [0.25, 0.3) is 0 Å². The predicted molar refractivity (Wildman–Crippen MR) is 80.1 cm³/mol. The molecule has 0 unspecified atom stereocenters. The van der Waals surface area contributed by atoms with Gasteiger partial charge in [-0.05, 0) is 17.7 Å². The SMILES string of the molecule is COc1cc(N)ccc1NS(=O)(=O)Cc1ccccc1. The minimum absolute atomic E-state index is 0.0959. The highest BCUT2D eigenvalue weighted by atomic mass is 32.2. The number of nitrogens with one attached hydrogen (secondary N) is 1. The van der Waals surface area contributed by atoms with Crippen molar-refractivity contribution < 1.29 is 13.2 Å². The molecule has 0 spiro atoms. The van der Waals surface area contributed by atoms with Crippen LogP contribution in [0.15, 0.2) is 48.5 Å². The number of nitrogens with two attached hydrogens (primary N) is 1. The van der Waals surface area contributed by atoms with Gasteiger partial charge >= 0.3 is 0 Å². The van der Waals surface area contributed by atoms with Crippen LogP contribution in [-0.2, 0) is 15.8 Å². The van der Waals surface area contributed by atoms with Crippen LogP contribution in [-0.4, -0.2) is 15.5 Å². The molecular formula is C14H16N2O3S. The smallest absolute Gasteiger partial charge is 0.237 e. The average Bonchev–Trinajstić information content (AvgIpc) is 2.41. The molecule has 2 aromatic rings. The van der Waals surface area contributed by atoms with Crippen molar-refractivity contribution in [2.45, 2.75) is 5.75 Å². The first-order chi connectivity index (χ1) is 9.50. The van der Waals surface area contributed by atoms with Crippen molar-refractivity contribution in [3.63, 3.8) is 0 Å². The van der Waals surface area contributed by atoms with Crippen molar-refractivity contribution in [2.75, 3.05) is 17.6 Å². The van der Waals surface area contributed by atoms with Gasteiger partial charge in [0.05, 0.1) is 18.6 Å². The Hall–Kier alpha value is -2.21. The van der Waals surface area contributed by atoms with Crippen molar-refractivity contribution in [3.05, 3.63) is 54.1 Å². The maximum atomic E-state index is 12.1. The number of ether oxygens (including phenoxy) is 1. The van der Waals surface area contributed by atoms with E-state index in [1.165, 1.54) is 7.11 Å². The summed E-state index contributed by atoms with van der Waals surface area (Å²) in [6.07, 6.45) is 0. The van der Waals surface area contributed by atoms with Gasteiger partial charge in [-0.15, -0.1) is 0 Å². The molecule has 0 heterocycles. The highest BCUT2D eigenvalue weighted by Gasteiger charge is 2.14. The fourth-order valence-electron chi connectivity index (χ4n) is 1.79. The Kier molecular flexibility index (Phi) is 4.14. The van der Waals surface area contributed by atoms with Crippen LogP contribution in [0.2, 0.25) is 0 Å². The van der Waals surface area contributed by atoms with E-state index in [2.05, 4.69) is 4.72 Å². The van der Waals surface area contributed by atoms with E-state index in [0.29, 0.717) is 17.1 Å². The molecule has 0 aromatic heterocycles. The number of hydrogen-bond donors (Lipinski definition) is 2. The molecule has 0 amide bonds. The summed E-state index contributed by atoms with van der Waals surface area (Å²) in [4.78, 5) is 0. The molecule has 2 rings (SSSR count). The third-order valence-electron chi connectivity index (χ3n) is 2.69. The molecule has 0 saturated carbocycles. The van der Waals surface area contributed by atoms with Crippen LogP contribution in [0.5, 0.6) is 5.75 Å². The summed E-state index contributed by atoms with van der Waals surface area (Å²) in [6, 6.07) is 13.7. The van der Waals surface area contributed by atoms with Crippen molar-refractivity contribution in [2.24, 2.45) is 0 Å². The molecule has 0 atom stereocenters. The van der Waals surface area contributed by atoms with Gasteiger partial charge in [0.1, 0.15) is 5.75 Å². The van der Waals surface area contributed by atoms with Crippen molar-refractivity contribution >= 4 is 21.4 Å². The van der Waals surface area contributed by atoms with Gasteiger partial charge in [-0.25, -0.2) is 8.42 Å². The van der Waals surface area contributed by atoms with Crippen LogP contribution in [0.3, 0.4) is 0 Å². The standard InChI is InChI=1S/C14H16N2O3S/c1-19-14-9-12(15)7-8-13(14)16-20(17,18)10-11-5-3-2-4-6-11/h2-9,16H,10,15H2,1H3. The van der Waals surface area contributed by atoms with E-state index in [1.54, 1.807) is 42.5 Å². The van der Waals surface area contributed by atoms with Gasteiger partial charge < -0.3 is 10.5 Å². The largest absolute Gasteiger partial charge is 0.494 e. The molecule has 0 saturated heterocycles. The lowest BCUT2D eigenvalue weighted by atomic mass is 10.2. The van der Waals surface area contributed by atoms with Gasteiger partial charge in [0, 0.05) is 11.8 Å². The Morgan fingerprint density at radius 2 is 1.85 bits per heavy atom. The van der Waals surface area contributed by atoms with Gasteiger partial charge in [-0.2, -0.15) is 0 Å². The van der Waals surface area contributed by atoms with E-state index in [0.717, 1.165) is 5.56 Å². The predicted octanol–water partition coefficient (Wildman–Crippen LogP) is 2.22. The molecule has 0 radical (unpaired) electrons. The highest BCUT2D eigenvalue weighted by Crippen LogP contribution is 2.27. The monoisotopic (exact) mass is 292 g/mol. The molecule has 20 heavy (non-hydrogen) atoms. The minimum Gasteiger partial charge on any atom is -0.494 e. The van der Waals surface area contributed by atoms with Gasteiger partial charge in [0.15, 0.2) is 0 Å². The summed E-state index contributed by atoms with van der Waals surface area (Å²) in [7, 11) is -2.04. The van der Waals surface area contributed by atoms with Crippen molar-refractivity contribution in [1.29, 1.82) is 0 Å². The average molecular weight is 292 g/mol. The van der Waals surface area contributed by atoms with E-state index in [4.69, 9.17) is 10.5 Å². The van der Waals surface area contributed by atoms with E-state index in [9.17, 15) is 8.42 Å². The van der Waals surface area contributed by atoms with E-state index in [1.807, 2.05) is 6.07 Å². The van der Waals surface area contributed by atoms with E-state index < -0.39 is 10.0 Å². The van der Waals surface area contributed by atoms with Gasteiger partial charge in [-0.3, -0.25) is 4.72 Å². The number of benzene rings is 2. The van der Waals surface area contributed by atoms with Crippen LogP contribution in [0.1, 0.15) is 5.56 Å². The van der Waals surface area contributed by atoms with Crippen LogP contribution in [0.4, 0.5) is 11.4 Å². The zero-order valence-corrected chi connectivity index (χ0v) is 11.9. The fraction of sp³-hybridized carbons (Fsp3) is 0.143. The molecule has 0 aliphatic heterocycles. The molecule has 106 valence electrons. The lowest BCUT2D eigenvalue weighted by molar-refractivity contribution is 0.417.